The Morgan fingerprint density at radius 1 is 1.03 bits per heavy atom. The van der Waals surface area contributed by atoms with Gasteiger partial charge < -0.3 is 15.0 Å². The lowest BCUT2D eigenvalue weighted by Crippen LogP contribution is -2.38. The quantitative estimate of drug-likeness (QED) is 0.298. The summed E-state index contributed by atoms with van der Waals surface area (Å²) < 4.78 is 5.74. The lowest BCUT2D eigenvalue weighted by molar-refractivity contribution is -0.137. The van der Waals surface area contributed by atoms with Crippen LogP contribution < -0.4 is 5.32 Å². The van der Waals surface area contributed by atoms with E-state index < -0.39 is 0 Å². The van der Waals surface area contributed by atoms with Crippen molar-refractivity contribution in [2.75, 3.05) is 26.2 Å². The van der Waals surface area contributed by atoms with E-state index in [2.05, 4.69) is 12.2 Å². The third kappa shape index (κ3) is 9.66. The molecule has 0 aromatic heterocycles. The van der Waals surface area contributed by atoms with E-state index in [9.17, 15) is 19.2 Å². The molecule has 1 fully saturated rings. The van der Waals surface area contributed by atoms with Crippen molar-refractivity contribution in [3.63, 3.8) is 0 Å². The highest BCUT2D eigenvalue weighted by Crippen LogP contribution is 2.24. The van der Waals surface area contributed by atoms with Crippen LogP contribution >= 0.6 is 0 Å². The lowest BCUT2D eigenvalue weighted by atomic mass is 10.1. The van der Waals surface area contributed by atoms with Crippen LogP contribution in [0.2, 0.25) is 0 Å². The van der Waals surface area contributed by atoms with E-state index in [0.29, 0.717) is 44.9 Å². The van der Waals surface area contributed by atoms with Gasteiger partial charge in [-0.1, -0.05) is 19.8 Å². The van der Waals surface area contributed by atoms with E-state index in [1.54, 1.807) is 0 Å². The Morgan fingerprint density at radius 3 is 2.39 bits per heavy atom. The van der Waals surface area contributed by atoms with Gasteiger partial charge in [-0.2, -0.15) is 0 Å². The molecule has 0 aromatic rings. The second-order valence-electron chi connectivity index (χ2n) is 9.56. The smallest absolute Gasteiger partial charge is 0.253 e. The molecule has 0 radical (unpaired) electrons. The van der Waals surface area contributed by atoms with Gasteiger partial charge in [0.25, 0.3) is 11.8 Å². The molecule has 8 heteroatoms. The Bertz CT molecular complexity index is 688. The highest BCUT2D eigenvalue weighted by Gasteiger charge is 2.32. The highest BCUT2D eigenvalue weighted by molar-refractivity contribution is 6.12. The van der Waals surface area contributed by atoms with Gasteiger partial charge in [-0.3, -0.25) is 24.1 Å². The van der Waals surface area contributed by atoms with Crippen molar-refractivity contribution in [2.45, 2.75) is 90.7 Å². The largest absolute Gasteiger partial charge is 0.377 e. The fraction of sp³-hybridized carbons (Fsp3) is 0.760. The highest BCUT2D eigenvalue weighted by atomic mass is 16.5. The van der Waals surface area contributed by atoms with Gasteiger partial charge in [0.05, 0.1) is 18.8 Å². The van der Waals surface area contributed by atoms with Crippen LogP contribution in [0.3, 0.4) is 0 Å². The summed E-state index contributed by atoms with van der Waals surface area (Å²) in [6.45, 7) is 8.69. The first-order valence-electron chi connectivity index (χ1n) is 12.5. The minimum atomic E-state index is -0.255. The Labute approximate surface area is 198 Å². The van der Waals surface area contributed by atoms with Gasteiger partial charge in [0.2, 0.25) is 11.8 Å². The summed E-state index contributed by atoms with van der Waals surface area (Å²) in [5.41, 5.74) is 0. The van der Waals surface area contributed by atoms with Crippen molar-refractivity contribution in [3.05, 3.63) is 12.2 Å². The second kappa shape index (κ2) is 14.1. The summed E-state index contributed by atoms with van der Waals surface area (Å²) in [5.74, 6) is 0.255. The van der Waals surface area contributed by atoms with Gasteiger partial charge >= 0.3 is 0 Å². The molecular formula is C25H41N3O5. The molecule has 33 heavy (non-hydrogen) atoms. The van der Waals surface area contributed by atoms with E-state index >= 15 is 0 Å². The van der Waals surface area contributed by atoms with Gasteiger partial charge in [0.1, 0.15) is 0 Å². The fourth-order valence-corrected chi connectivity index (χ4v) is 4.34. The van der Waals surface area contributed by atoms with Crippen molar-refractivity contribution >= 4 is 23.6 Å². The first-order valence-corrected chi connectivity index (χ1v) is 12.5. The molecule has 2 heterocycles. The number of carbonyl (C=O) groups excluding carboxylic acids is 4. The van der Waals surface area contributed by atoms with Crippen LogP contribution in [0.4, 0.5) is 0 Å². The van der Waals surface area contributed by atoms with E-state index in [0.717, 1.165) is 45.1 Å². The molecule has 0 saturated carbocycles. The molecule has 2 aliphatic rings. The third-order valence-corrected chi connectivity index (χ3v) is 6.14. The first-order chi connectivity index (χ1) is 15.8. The van der Waals surface area contributed by atoms with Crippen LogP contribution in [0, 0.1) is 5.92 Å². The standard InChI is InChI=1S/C25H41N3O5/c1-19(2)33-18-21-16-20(3)17-28(21)23(30)11-7-4-8-14-26-22(29)10-6-5-9-15-27-24(31)12-13-25(27)32/h12-13,19-21H,4-11,14-18H2,1-3H3,(H,26,29)/t20-,21+/m1/s1. The van der Waals surface area contributed by atoms with Gasteiger partial charge in [0.15, 0.2) is 0 Å². The van der Waals surface area contributed by atoms with Crippen molar-refractivity contribution in [2.24, 2.45) is 5.92 Å². The number of nitrogens with one attached hydrogen (secondary N) is 1. The number of hydrogen-bond acceptors (Lipinski definition) is 5. The van der Waals surface area contributed by atoms with E-state index in [1.165, 1.54) is 17.1 Å². The minimum Gasteiger partial charge on any atom is -0.377 e. The number of rotatable bonds is 15. The number of ether oxygens (including phenoxy) is 1. The number of likely N-dealkylation sites (tertiary alicyclic amines) is 1. The van der Waals surface area contributed by atoms with Gasteiger partial charge in [-0.15, -0.1) is 0 Å². The number of nitrogens with zero attached hydrogens (tertiary/aromatic N) is 2. The Kier molecular flexibility index (Phi) is 11.6. The molecule has 1 N–H and O–H groups in total. The maximum absolute atomic E-state index is 12.6. The molecule has 0 unspecified atom stereocenters. The molecule has 186 valence electrons. The average Bonchev–Trinajstić information content (AvgIpc) is 3.30. The summed E-state index contributed by atoms with van der Waals surface area (Å²) >= 11 is 0. The van der Waals surface area contributed by atoms with Crippen LogP contribution in [0.5, 0.6) is 0 Å². The normalized spacial score (nSPS) is 20.4. The SMILES string of the molecule is CC(C)OC[C@@H]1C[C@@H](C)CN1C(=O)CCCCCNC(=O)CCCCCN1C(=O)C=CC1=O. The maximum atomic E-state index is 12.6. The summed E-state index contributed by atoms with van der Waals surface area (Å²) in [6.07, 6.45) is 9.62. The molecule has 4 amide bonds. The Hall–Kier alpha value is -2.22. The lowest BCUT2D eigenvalue weighted by Gasteiger charge is -2.25. The van der Waals surface area contributed by atoms with Crippen molar-refractivity contribution in [3.8, 4) is 0 Å². The van der Waals surface area contributed by atoms with Crippen molar-refractivity contribution in [1.82, 2.24) is 15.1 Å². The topological polar surface area (TPSA) is 96.0 Å². The van der Waals surface area contributed by atoms with E-state index in [4.69, 9.17) is 4.74 Å². The van der Waals surface area contributed by atoms with E-state index in [-0.39, 0.29) is 35.8 Å². The molecule has 0 spiro atoms. The minimum absolute atomic E-state index is 0.0279. The predicted molar refractivity (Wildman–Crippen MR) is 126 cm³/mol. The zero-order chi connectivity index (χ0) is 24.2. The zero-order valence-corrected chi connectivity index (χ0v) is 20.5. The molecule has 0 aromatic carbocycles. The molecule has 0 aliphatic carbocycles. The van der Waals surface area contributed by atoms with Crippen LogP contribution in [0.15, 0.2) is 12.2 Å². The second-order valence-corrected chi connectivity index (χ2v) is 9.56. The molecular weight excluding hydrogens is 422 g/mol. The summed E-state index contributed by atoms with van der Waals surface area (Å²) in [6, 6.07) is 0.196. The number of imide groups is 1. The molecule has 1 saturated heterocycles. The van der Waals surface area contributed by atoms with Crippen LogP contribution in [0.1, 0.15) is 78.6 Å². The third-order valence-electron chi connectivity index (χ3n) is 6.14. The summed E-state index contributed by atoms with van der Waals surface area (Å²) in [5, 5.41) is 2.93. The summed E-state index contributed by atoms with van der Waals surface area (Å²) in [7, 11) is 0. The molecule has 2 atom stereocenters. The number of hydrogen-bond donors (Lipinski definition) is 1. The van der Waals surface area contributed by atoms with Gasteiger partial charge in [-0.25, -0.2) is 0 Å². The monoisotopic (exact) mass is 463 g/mol. The van der Waals surface area contributed by atoms with Crippen molar-refractivity contribution < 1.29 is 23.9 Å². The molecule has 8 nitrogen and oxygen atoms in total. The van der Waals surface area contributed by atoms with Gasteiger partial charge in [0, 0.05) is 44.6 Å². The van der Waals surface area contributed by atoms with Crippen LogP contribution in [-0.2, 0) is 23.9 Å². The predicted octanol–water partition coefficient (Wildman–Crippen LogP) is 2.81. The number of unbranched alkanes of at least 4 members (excludes halogenated alkanes) is 4. The van der Waals surface area contributed by atoms with Crippen LogP contribution in [0.25, 0.3) is 0 Å². The average molecular weight is 464 g/mol. The number of carbonyl (C=O) groups is 4. The molecule has 2 rings (SSSR count). The van der Waals surface area contributed by atoms with E-state index in [1.807, 2.05) is 18.7 Å². The molecule has 2 aliphatic heterocycles. The molecule has 0 bridgehead atoms. The zero-order valence-electron chi connectivity index (χ0n) is 20.5. The van der Waals surface area contributed by atoms with Crippen LogP contribution in [-0.4, -0.2) is 71.8 Å². The maximum Gasteiger partial charge on any atom is 0.253 e. The van der Waals surface area contributed by atoms with Crippen molar-refractivity contribution in [1.29, 1.82) is 0 Å². The Morgan fingerprint density at radius 2 is 1.70 bits per heavy atom. The summed E-state index contributed by atoms with van der Waals surface area (Å²) in [4.78, 5) is 50.7. The Balaban J connectivity index is 1.47. The fourth-order valence-electron chi connectivity index (χ4n) is 4.34. The first kappa shape index (κ1) is 27.0. The van der Waals surface area contributed by atoms with Gasteiger partial charge in [-0.05, 0) is 51.9 Å². The number of amides is 4.